The van der Waals surface area contributed by atoms with Crippen molar-refractivity contribution in [3.8, 4) is 5.75 Å². The Morgan fingerprint density at radius 1 is 1.19 bits per heavy atom. The highest BCUT2D eigenvalue weighted by atomic mass is 16.5. The van der Waals surface area contributed by atoms with Gasteiger partial charge in [-0.15, -0.1) is 0 Å². The molecule has 27 heavy (non-hydrogen) atoms. The topological polar surface area (TPSA) is 51.5 Å². The summed E-state index contributed by atoms with van der Waals surface area (Å²) in [5, 5.41) is 4.04. The second-order valence-electron chi connectivity index (χ2n) is 7.25. The number of furan rings is 1. The lowest BCUT2D eigenvalue weighted by molar-refractivity contribution is -0.120. The first-order chi connectivity index (χ1) is 13.0. The van der Waals surface area contributed by atoms with Crippen LogP contribution in [0.25, 0.3) is 11.0 Å². The Balaban J connectivity index is 1.61. The maximum absolute atomic E-state index is 12.4. The zero-order chi connectivity index (χ0) is 19.4. The van der Waals surface area contributed by atoms with Gasteiger partial charge in [-0.25, -0.2) is 0 Å². The summed E-state index contributed by atoms with van der Waals surface area (Å²) < 4.78 is 10.8. The Hall–Kier alpha value is -2.75. The van der Waals surface area contributed by atoms with Crippen molar-refractivity contribution in [2.45, 2.75) is 39.5 Å². The number of hydrogen-bond acceptors (Lipinski definition) is 3. The molecule has 4 heteroatoms. The predicted molar refractivity (Wildman–Crippen MR) is 108 cm³/mol. The Morgan fingerprint density at radius 3 is 2.59 bits per heavy atom. The molecule has 0 spiro atoms. The lowest BCUT2D eigenvalue weighted by atomic mass is 9.95. The normalized spacial score (nSPS) is 11.1. The van der Waals surface area contributed by atoms with Gasteiger partial charge in [0.15, 0.2) is 0 Å². The molecule has 1 heterocycles. The standard InChI is InChI=1S/C23H27NO3/c1-15(2)20-13-21-18(14-27-22(21)11-16(20)3)12-23(25)24-10-9-17-5-7-19(26-4)8-6-17/h5-8,11,13-15H,9-10,12H2,1-4H3,(H,24,25). The van der Waals surface area contributed by atoms with Crippen LogP contribution < -0.4 is 10.1 Å². The van der Waals surface area contributed by atoms with Crippen LogP contribution in [0.2, 0.25) is 0 Å². The first-order valence-corrected chi connectivity index (χ1v) is 9.38. The molecule has 0 radical (unpaired) electrons. The van der Waals surface area contributed by atoms with Crippen LogP contribution >= 0.6 is 0 Å². The third-order valence-corrected chi connectivity index (χ3v) is 4.91. The number of fused-ring (bicyclic) bond motifs is 1. The van der Waals surface area contributed by atoms with Crippen molar-refractivity contribution in [1.29, 1.82) is 0 Å². The van der Waals surface area contributed by atoms with Gasteiger partial charge in [0, 0.05) is 17.5 Å². The fraction of sp³-hybridized carbons (Fsp3) is 0.348. The average molecular weight is 365 g/mol. The van der Waals surface area contributed by atoms with Crippen LogP contribution in [-0.2, 0) is 17.6 Å². The summed E-state index contributed by atoms with van der Waals surface area (Å²) in [5.74, 6) is 1.29. The van der Waals surface area contributed by atoms with Crippen LogP contribution in [0.5, 0.6) is 5.75 Å². The van der Waals surface area contributed by atoms with Gasteiger partial charge in [0.1, 0.15) is 11.3 Å². The van der Waals surface area contributed by atoms with Gasteiger partial charge in [-0.05, 0) is 60.2 Å². The molecule has 0 aliphatic rings. The molecule has 0 saturated carbocycles. The number of hydrogen-bond donors (Lipinski definition) is 1. The van der Waals surface area contributed by atoms with Crippen molar-refractivity contribution in [3.63, 3.8) is 0 Å². The van der Waals surface area contributed by atoms with E-state index in [0.717, 1.165) is 28.7 Å². The van der Waals surface area contributed by atoms with Gasteiger partial charge in [-0.2, -0.15) is 0 Å². The highest BCUT2D eigenvalue weighted by Crippen LogP contribution is 2.29. The zero-order valence-electron chi connectivity index (χ0n) is 16.5. The molecule has 1 amide bonds. The summed E-state index contributed by atoms with van der Waals surface area (Å²) in [7, 11) is 1.65. The average Bonchev–Trinajstić information content (AvgIpc) is 3.03. The van der Waals surface area contributed by atoms with Gasteiger partial charge in [0.25, 0.3) is 0 Å². The van der Waals surface area contributed by atoms with E-state index < -0.39 is 0 Å². The number of nitrogens with one attached hydrogen (secondary N) is 1. The van der Waals surface area contributed by atoms with Crippen molar-refractivity contribution in [2.75, 3.05) is 13.7 Å². The van der Waals surface area contributed by atoms with E-state index in [1.165, 1.54) is 16.7 Å². The Kier molecular flexibility index (Phi) is 5.84. The number of amides is 1. The van der Waals surface area contributed by atoms with E-state index in [9.17, 15) is 4.79 Å². The maximum atomic E-state index is 12.4. The third kappa shape index (κ3) is 4.51. The Morgan fingerprint density at radius 2 is 1.93 bits per heavy atom. The van der Waals surface area contributed by atoms with E-state index in [0.29, 0.717) is 18.9 Å². The van der Waals surface area contributed by atoms with Gasteiger partial charge < -0.3 is 14.5 Å². The van der Waals surface area contributed by atoms with E-state index in [4.69, 9.17) is 9.15 Å². The molecule has 3 aromatic rings. The number of rotatable bonds is 7. The second kappa shape index (κ2) is 8.30. The SMILES string of the molecule is COc1ccc(CCNC(=O)Cc2coc3cc(C)c(C(C)C)cc23)cc1. The summed E-state index contributed by atoms with van der Waals surface area (Å²) in [5.41, 5.74) is 5.47. The number of benzene rings is 2. The van der Waals surface area contributed by atoms with Gasteiger partial charge in [-0.3, -0.25) is 4.79 Å². The lowest BCUT2D eigenvalue weighted by Gasteiger charge is -2.10. The molecule has 142 valence electrons. The summed E-state index contributed by atoms with van der Waals surface area (Å²) in [6, 6.07) is 12.1. The number of aryl methyl sites for hydroxylation is 1. The summed E-state index contributed by atoms with van der Waals surface area (Å²) in [6.45, 7) is 7.07. The minimum atomic E-state index is 0.0119. The van der Waals surface area contributed by atoms with Crippen LogP contribution in [-0.4, -0.2) is 19.6 Å². The van der Waals surface area contributed by atoms with E-state index in [-0.39, 0.29) is 5.91 Å². The molecule has 1 N–H and O–H groups in total. The lowest BCUT2D eigenvalue weighted by Crippen LogP contribution is -2.27. The summed E-state index contributed by atoms with van der Waals surface area (Å²) >= 11 is 0. The van der Waals surface area contributed by atoms with Crippen LogP contribution in [0.3, 0.4) is 0 Å². The second-order valence-corrected chi connectivity index (χ2v) is 7.25. The van der Waals surface area contributed by atoms with Crippen molar-refractivity contribution >= 4 is 16.9 Å². The van der Waals surface area contributed by atoms with E-state index >= 15 is 0 Å². The molecule has 0 aliphatic heterocycles. The minimum absolute atomic E-state index is 0.0119. The van der Waals surface area contributed by atoms with E-state index in [2.05, 4.69) is 38.2 Å². The minimum Gasteiger partial charge on any atom is -0.497 e. The van der Waals surface area contributed by atoms with Crippen LogP contribution in [0, 0.1) is 6.92 Å². The summed E-state index contributed by atoms with van der Waals surface area (Å²) in [4.78, 5) is 12.4. The van der Waals surface area contributed by atoms with Crippen LogP contribution in [0.4, 0.5) is 0 Å². The van der Waals surface area contributed by atoms with Crippen molar-refractivity contribution in [1.82, 2.24) is 5.32 Å². The quantitative estimate of drug-likeness (QED) is 0.656. The molecule has 1 aromatic heterocycles. The van der Waals surface area contributed by atoms with Gasteiger partial charge in [-0.1, -0.05) is 26.0 Å². The van der Waals surface area contributed by atoms with Crippen LogP contribution in [0.1, 0.15) is 42.0 Å². The monoisotopic (exact) mass is 365 g/mol. The van der Waals surface area contributed by atoms with Gasteiger partial charge >= 0.3 is 0 Å². The Labute approximate surface area is 160 Å². The fourth-order valence-corrected chi connectivity index (χ4v) is 3.38. The maximum Gasteiger partial charge on any atom is 0.224 e. The predicted octanol–water partition coefficient (Wildman–Crippen LogP) is 4.77. The Bertz CT molecular complexity index is 923. The number of carbonyl (C=O) groups excluding carboxylic acids is 1. The molecule has 0 atom stereocenters. The molecule has 0 saturated heterocycles. The highest BCUT2D eigenvalue weighted by molar-refractivity contribution is 5.88. The molecular formula is C23H27NO3. The number of carbonyl (C=O) groups is 1. The van der Waals surface area contributed by atoms with Crippen molar-refractivity contribution in [2.24, 2.45) is 0 Å². The molecule has 0 bridgehead atoms. The van der Waals surface area contributed by atoms with Crippen LogP contribution in [0.15, 0.2) is 47.1 Å². The molecule has 4 nitrogen and oxygen atoms in total. The molecule has 0 unspecified atom stereocenters. The number of methoxy groups -OCH3 is 1. The molecule has 3 rings (SSSR count). The third-order valence-electron chi connectivity index (χ3n) is 4.91. The zero-order valence-corrected chi connectivity index (χ0v) is 16.5. The highest BCUT2D eigenvalue weighted by Gasteiger charge is 2.13. The number of ether oxygens (including phenoxy) is 1. The molecule has 0 fully saturated rings. The van der Waals surface area contributed by atoms with Crippen molar-refractivity contribution < 1.29 is 13.9 Å². The first-order valence-electron chi connectivity index (χ1n) is 9.38. The van der Waals surface area contributed by atoms with E-state index in [1.807, 2.05) is 24.3 Å². The molecule has 0 aliphatic carbocycles. The largest absolute Gasteiger partial charge is 0.497 e. The summed E-state index contributed by atoms with van der Waals surface area (Å²) in [6.07, 6.45) is 2.83. The van der Waals surface area contributed by atoms with Crippen molar-refractivity contribution in [3.05, 3.63) is 64.9 Å². The first kappa shape index (κ1) is 19.0. The van der Waals surface area contributed by atoms with Gasteiger partial charge in [0.05, 0.1) is 19.8 Å². The van der Waals surface area contributed by atoms with E-state index in [1.54, 1.807) is 13.4 Å². The smallest absolute Gasteiger partial charge is 0.224 e. The molecule has 2 aromatic carbocycles. The van der Waals surface area contributed by atoms with Gasteiger partial charge in [0.2, 0.25) is 5.91 Å². The molecular weight excluding hydrogens is 338 g/mol. The fourth-order valence-electron chi connectivity index (χ4n) is 3.38.